The van der Waals surface area contributed by atoms with Gasteiger partial charge in [0.15, 0.2) is 0 Å². The number of H-pyrrole nitrogens is 1. The second-order valence-electron chi connectivity index (χ2n) is 4.59. The zero-order valence-electron chi connectivity index (χ0n) is 11.1. The molecular formula is C12H20ClN3O2. The van der Waals surface area contributed by atoms with Crippen molar-refractivity contribution >= 4 is 11.6 Å². The van der Waals surface area contributed by atoms with Crippen LogP contribution in [-0.4, -0.2) is 35.1 Å². The molecular weight excluding hydrogens is 254 g/mol. The van der Waals surface area contributed by atoms with Gasteiger partial charge >= 0.3 is 5.69 Å². The SMILES string of the molecule is CCCc1c(Cl)[nH]c(=O)n(CCCN(C)C)c1=O. The third-order valence-corrected chi connectivity index (χ3v) is 3.04. The van der Waals surface area contributed by atoms with Crippen LogP contribution in [0.5, 0.6) is 0 Å². The van der Waals surface area contributed by atoms with Crippen LogP contribution in [0.15, 0.2) is 9.59 Å². The number of aromatic nitrogens is 2. The standard InChI is InChI=1S/C12H20ClN3O2/c1-4-6-9-10(13)14-12(18)16(11(9)17)8-5-7-15(2)3/h4-8H2,1-3H3,(H,14,18). The molecule has 1 aromatic rings. The topological polar surface area (TPSA) is 58.1 Å². The first-order chi connectivity index (χ1) is 8.47. The van der Waals surface area contributed by atoms with Crippen LogP contribution in [0, 0.1) is 0 Å². The molecule has 0 radical (unpaired) electrons. The van der Waals surface area contributed by atoms with Gasteiger partial charge in [-0.1, -0.05) is 24.9 Å². The van der Waals surface area contributed by atoms with E-state index in [4.69, 9.17) is 11.6 Å². The summed E-state index contributed by atoms with van der Waals surface area (Å²) in [5, 5.41) is 0.177. The van der Waals surface area contributed by atoms with Crippen LogP contribution in [0.3, 0.4) is 0 Å². The Kier molecular flexibility index (Phi) is 5.62. The van der Waals surface area contributed by atoms with Gasteiger partial charge in [0.25, 0.3) is 5.56 Å². The minimum Gasteiger partial charge on any atom is -0.309 e. The lowest BCUT2D eigenvalue weighted by Crippen LogP contribution is -2.38. The zero-order chi connectivity index (χ0) is 13.7. The highest BCUT2D eigenvalue weighted by atomic mass is 35.5. The Labute approximate surface area is 111 Å². The lowest BCUT2D eigenvalue weighted by Gasteiger charge is -2.11. The predicted octanol–water partition coefficient (Wildman–Crippen LogP) is 1.09. The maximum Gasteiger partial charge on any atom is 0.329 e. The Morgan fingerprint density at radius 3 is 2.56 bits per heavy atom. The molecule has 0 aliphatic carbocycles. The van der Waals surface area contributed by atoms with Crippen LogP contribution in [0.1, 0.15) is 25.3 Å². The quantitative estimate of drug-likeness (QED) is 0.790. The van der Waals surface area contributed by atoms with Crippen molar-refractivity contribution in [3.8, 4) is 0 Å². The van der Waals surface area contributed by atoms with Gasteiger partial charge in [0.2, 0.25) is 0 Å². The van der Waals surface area contributed by atoms with Crippen LogP contribution >= 0.6 is 11.6 Å². The molecule has 1 aromatic heterocycles. The first kappa shape index (κ1) is 15.0. The van der Waals surface area contributed by atoms with E-state index in [0.717, 1.165) is 19.4 Å². The van der Waals surface area contributed by atoms with E-state index in [9.17, 15) is 9.59 Å². The molecule has 0 fully saturated rings. The molecule has 102 valence electrons. The van der Waals surface area contributed by atoms with E-state index >= 15 is 0 Å². The monoisotopic (exact) mass is 273 g/mol. The second kappa shape index (κ2) is 6.75. The lowest BCUT2D eigenvalue weighted by molar-refractivity contribution is 0.382. The summed E-state index contributed by atoms with van der Waals surface area (Å²) in [5.74, 6) is 0. The molecule has 0 bridgehead atoms. The van der Waals surface area contributed by atoms with Gasteiger partial charge in [0.05, 0.1) is 5.56 Å². The molecule has 0 amide bonds. The van der Waals surface area contributed by atoms with Gasteiger partial charge < -0.3 is 4.90 Å². The van der Waals surface area contributed by atoms with Crippen LogP contribution in [0.4, 0.5) is 0 Å². The molecule has 0 spiro atoms. The number of hydrogen-bond donors (Lipinski definition) is 1. The summed E-state index contributed by atoms with van der Waals surface area (Å²) in [6.07, 6.45) is 2.16. The number of nitrogens with one attached hydrogen (secondary N) is 1. The predicted molar refractivity (Wildman–Crippen MR) is 73.5 cm³/mol. The van der Waals surface area contributed by atoms with Crippen molar-refractivity contribution in [2.75, 3.05) is 20.6 Å². The van der Waals surface area contributed by atoms with Crippen LogP contribution in [-0.2, 0) is 13.0 Å². The molecule has 0 saturated heterocycles. The highest BCUT2D eigenvalue weighted by Crippen LogP contribution is 2.07. The van der Waals surface area contributed by atoms with Crippen LogP contribution < -0.4 is 11.2 Å². The summed E-state index contributed by atoms with van der Waals surface area (Å²) < 4.78 is 1.24. The van der Waals surface area contributed by atoms with Gasteiger partial charge in [0.1, 0.15) is 5.15 Å². The smallest absolute Gasteiger partial charge is 0.309 e. The summed E-state index contributed by atoms with van der Waals surface area (Å²) in [4.78, 5) is 28.4. The van der Waals surface area contributed by atoms with E-state index in [1.54, 1.807) is 0 Å². The molecule has 6 heteroatoms. The molecule has 0 aliphatic heterocycles. The fraction of sp³-hybridized carbons (Fsp3) is 0.667. The molecule has 0 unspecified atom stereocenters. The van der Waals surface area contributed by atoms with Crippen LogP contribution in [0.25, 0.3) is 0 Å². The van der Waals surface area contributed by atoms with Gasteiger partial charge in [0, 0.05) is 6.54 Å². The molecule has 0 aromatic carbocycles. The number of aromatic amines is 1. The van der Waals surface area contributed by atoms with Gasteiger partial charge in [-0.05, 0) is 33.5 Å². The largest absolute Gasteiger partial charge is 0.329 e. The summed E-state index contributed by atoms with van der Waals surface area (Å²) in [6, 6.07) is 0. The van der Waals surface area contributed by atoms with E-state index < -0.39 is 5.69 Å². The number of hydrogen-bond acceptors (Lipinski definition) is 3. The minimum atomic E-state index is -0.427. The van der Waals surface area contributed by atoms with Crippen LogP contribution in [0.2, 0.25) is 5.15 Å². The number of halogens is 1. The molecule has 5 nitrogen and oxygen atoms in total. The Bertz CT molecular complexity index is 505. The maximum absolute atomic E-state index is 12.1. The molecule has 0 saturated carbocycles. The first-order valence-electron chi connectivity index (χ1n) is 6.13. The lowest BCUT2D eigenvalue weighted by atomic mass is 10.2. The molecule has 0 aliphatic rings. The van der Waals surface area contributed by atoms with E-state index in [1.165, 1.54) is 4.57 Å². The fourth-order valence-corrected chi connectivity index (χ4v) is 2.06. The molecule has 1 N–H and O–H groups in total. The van der Waals surface area contributed by atoms with Gasteiger partial charge in [-0.3, -0.25) is 14.3 Å². The van der Waals surface area contributed by atoms with Crippen molar-refractivity contribution in [2.24, 2.45) is 0 Å². The molecule has 18 heavy (non-hydrogen) atoms. The molecule has 1 rings (SSSR count). The fourth-order valence-electron chi connectivity index (χ4n) is 1.80. The second-order valence-corrected chi connectivity index (χ2v) is 4.96. The van der Waals surface area contributed by atoms with E-state index in [0.29, 0.717) is 18.5 Å². The highest BCUT2D eigenvalue weighted by Gasteiger charge is 2.11. The summed E-state index contributed by atoms with van der Waals surface area (Å²) in [5.41, 5.74) is -0.184. The average molecular weight is 274 g/mol. The van der Waals surface area contributed by atoms with E-state index in [1.807, 2.05) is 25.9 Å². The Balaban J connectivity index is 3.00. The van der Waals surface area contributed by atoms with Crippen molar-refractivity contribution in [3.05, 3.63) is 31.6 Å². The van der Waals surface area contributed by atoms with Gasteiger partial charge in [-0.15, -0.1) is 0 Å². The maximum atomic E-state index is 12.1. The number of nitrogens with zero attached hydrogens (tertiary/aromatic N) is 2. The van der Waals surface area contributed by atoms with Gasteiger partial charge in [-0.2, -0.15) is 0 Å². The van der Waals surface area contributed by atoms with Crippen molar-refractivity contribution in [2.45, 2.75) is 32.7 Å². The Morgan fingerprint density at radius 2 is 2.00 bits per heavy atom. The Hall–Kier alpha value is -1.07. The minimum absolute atomic E-state index is 0.177. The highest BCUT2D eigenvalue weighted by molar-refractivity contribution is 6.30. The average Bonchev–Trinajstić information content (AvgIpc) is 2.28. The van der Waals surface area contributed by atoms with Crippen molar-refractivity contribution in [3.63, 3.8) is 0 Å². The van der Waals surface area contributed by atoms with Crippen molar-refractivity contribution < 1.29 is 0 Å². The van der Waals surface area contributed by atoms with E-state index in [-0.39, 0.29) is 10.7 Å². The molecule has 0 atom stereocenters. The van der Waals surface area contributed by atoms with Crippen molar-refractivity contribution in [1.82, 2.24) is 14.5 Å². The van der Waals surface area contributed by atoms with E-state index in [2.05, 4.69) is 4.98 Å². The molecule has 1 heterocycles. The van der Waals surface area contributed by atoms with Crippen molar-refractivity contribution in [1.29, 1.82) is 0 Å². The third-order valence-electron chi connectivity index (χ3n) is 2.72. The normalized spacial score (nSPS) is 11.2. The van der Waals surface area contributed by atoms with Gasteiger partial charge in [-0.25, -0.2) is 4.79 Å². The summed E-state index contributed by atoms with van der Waals surface area (Å²) in [6.45, 7) is 3.22. The first-order valence-corrected chi connectivity index (χ1v) is 6.51. The zero-order valence-corrected chi connectivity index (χ0v) is 11.9. The Morgan fingerprint density at radius 1 is 1.33 bits per heavy atom. The summed E-state index contributed by atoms with van der Waals surface area (Å²) in [7, 11) is 3.91. The third kappa shape index (κ3) is 3.71. The summed E-state index contributed by atoms with van der Waals surface area (Å²) >= 11 is 5.89. The number of rotatable bonds is 6.